The first-order valence-electron chi connectivity index (χ1n) is 10.9. The summed E-state index contributed by atoms with van der Waals surface area (Å²) in [5, 5.41) is 17.1. The maximum atomic E-state index is 12.8. The molecule has 1 aromatic heterocycles. The lowest BCUT2D eigenvalue weighted by Crippen LogP contribution is -2.41. The van der Waals surface area contributed by atoms with E-state index in [1.54, 1.807) is 15.6 Å². The minimum atomic E-state index is -1.78. The summed E-state index contributed by atoms with van der Waals surface area (Å²) < 4.78 is 7.99. The van der Waals surface area contributed by atoms with Crippen LogP contribution in [0.25, 0.3) is 0 Å². The van der Waals surface area contributed by atoms with Gasteiger partial charge in [0, 0.05) is 18.3 Å². The van der Waals surface area contributed by atoms with Gasteiger partial charge in [0.05, 0.1) is 13.2 Å². The van der Waals surface area contributed by atoms with Crippen molar-refractivity contribution in [2.75, 3.05) is 11.9 Å². The lowest BCUT2D eigenvalue weighted by atomic mass is 9.87. The number of aromatic nitrogens is 2. The Kier molecular flexibility index (Phi) is 7.41. The second-order valence-electron chi connectivity index (χ2n) is 11.1. The zero-order chi connectivity index (χ0) is 22.7. The topological polar surface area (TPSA) is 83.2 Å². The fourth-order valence-corrected chi connectivity index (χ4v) is 4.61. The minimum absolute atomic E-state index is 0.121. The van der Waals surface area contributed by atoms with E-state index in [1.165, 1.54) is 0 Å². The molecule has 2 rings (SSSR count). The lowest BCUT2D eigenvalue weighted by molar-refractivity contribution is -0.119. The molecule has 1 aliphatic heterocycles. The van der Waals surface area contributed by atoms with Crippen LogP contribution in [0.3, 0.4) is 0 Å². The number of hydrogen-bond donors (Lipinski definition) is 1. The van der Waals surface area contributed by atoms with E-state index >= 15 is 0 Å². The van der Waals surface area contributed by atoms with Gasteiger partial charge < -0.3 is 9.74 Å². The molecule has 0 bridgehead atoms. The van der Waals surface area contributed by atoms with E-state index in [0.29, 0.717) is 25.4 Å². The maximum absolute atomic E-state index is 12.8. The third-order valence-corrected chi connectivity index (χ3v) is 10.8. The Morgan fingerprint density at radius 2 is 1.97 bits per heavy atom. The van der Waals surface area contributed by atoms with Crippen LogP contribution in [0.15, 0.2) is 12.3 Å². The lowest BCUT2D eigenvalue weighted by Gasteiger charge is -2.36. The van der Waals surface area contributed by atoms with Crippen molar-refractivity contribution in [3.05, 3.63) is 12.3 Å². The van der Waals surface area contributed by atoms with E-state index in [0.717, 1.165) is 12.8 Å². The number of nitriles is 1. The molecule has 0 radical (unpaired) electrons. The smallest absolute Gasteiger partial charge is 0.249 e. The molecule has 0 aromatic carbocycles. The highest BCUT2D eigenvalue weighted by Gasteiger charge is 2.39. The average Bonchev–Trinajstić information content (AvgIpc) is 3.18. The second kappa shape index (κ2) is 9.11. The summed E-state index contributed by atoms with van der Waals surface area (Å²) >= 11 is 0. The van der Waals surface area contributed by atoms with E-state index in [1.807, 2.05) is 6.20 Å². The molecule has 7 nitrogen and oxygen atoms in total. The van der Waals surface area contributed by atoms with Crippen LogP contribution in [0, 0.1) is 16.9 Å². The monoisotopic (exact) mass is 433 g/mol. The molecule has 30 heavy (non-hydrogen) atoms. The largest absolute Gasteiger partial charge is 0.415 e. The molecular weight excluding hydrogens is 394 g/mol. The summed E-state index contributed by atoms with van der Waals surface area (Å²) in [6.07, 6.45) is 6.55. The van der Waals surface area contributed by atoms with Crippen molar-refractivity contribution in [1.82, 2.24) is 14.7 Å². The summed E-state index contributed by atoms with van der Waals surface area (Å²) in [6, 6.07) is 1.49. The summed E-state index contributed by atoms with van der Waals surface area (Å²) in [4.78, 5) is 14.5. The van der Waals surface area contributed by atoms with Gasteiger partial charge in [-0.05, 0) is 42.8 Å². The van der Waals surface area contributed by atoms with Crippen molar-refractivity contribution >= 4 is 20.0 Å². The standard InChI is InChI=1S/C22H39N5O2Si/c1-21(2,3)15-17-9-10-18(27(17)16-23)20(28)24-19-11-12-26(25-19)13-14-29-30(7,8)22(4,5)6/h11-12,17-18H,9-10,13-15H2,1-8H3,(H,24,25,28). The number of nitrogens with zero attached hydrogens (tertiary/aromatic N) is 4. The molecule has 168 valence electrons. The molecule has 1 amide bonds. The first-order chi connectivity index (χ1) is 13.7. The molecule has 1 fully saturated rings. The van der Waals surface area contributed by atoms with Crippen LogP contribution >= 0.6 is 0 Å². The number of likely N-dealkylation sites (tertiary alicyclic amines) is 1. The fourth-order valence-electron chi connectivity index (χ4n) is 3.57. The van der Waals surface area contributed by atoms with Crippen LogP contribution < -0.4 is 5.32 Å². The molecule has 0 spiro atoms. The highest BCUT2D eigenvalue weighted by Crippen LogP contribution is 2.36. The Labute approximate surface area is 182 Å². The fraction of sp³-hybridized carbons (Fsp3) is 0.773. The Balaban J connectivity index is 1.90. The average molecular weight is 434 g/mol. The highest BCUT2D eigenvalue weighted by atomic mass is 28.4. The zero-order valence-corrected chi connectivity index (χ0v) is 21.0. The number of carbonyl (C=O) groups is 1. The highest BCUT2D eigenvalue weighted by molar-refractivity contribution is 6.74. The van der Waals surface area contributed by atoms with Gasteiger partial charge >= 0.3 is 0 Å². The van der Waals surface area contributed by atoms with Crippen LogP contribution in [-0.2, 0) is 15.8 Å². The molecule has 1 saturated heterocycles. The Morgan fingerprint density at radius 1 is 1.30 bits per heavy atom. The normalized spacial score (nSPS) is 20.3. The van der Waals surface area contributed by atoms with Gasteiger partial charge in [0.2, 0.25) is 5.91 Å². The Bertz CT molecular complexity index is 770. The second-order valence-corrected chi connectivity index (χ2v) is 15.9. The third-order valence-electron chi connectivity index (χ3n) is 6.25. The number of hydrogen-bond acceptors (Lipinski definition) is 5. The summed E-state index contributed by atoms with van der Waals surface area (Å²) in [7, 11) is -1.78. The quantitative estimate of drug-likeness (QED) is 0.502. The van der Waals surface area contributed by atoms with Crippen LogP contribution in [0.4, 0.5) is 5.82 Å². The number of amides is 1. The first-order valence-corrected chi connectivity index (χ1v) is 13.8. The third kappa shape index (κ3) is 6.32. The molecule has 1 N–H and O–H groups in total. The van der Waals surface area contributed by atoms with E-state index in [-0.39, 0.29) is 22.4 Å². The molecule has 2 atom stereocenters. The van der Waals surface area contributed by atoms with Crippen LogP contribution in [0.2, 0.25) is 18.1 Å². The van der Waals surface area contributed by atoms with Gasteiger partial charge in [-0.1, -0.05) is 41.5 Å². The molecule has 2 heterocycles. The number of anilines is 1. The van der Waals surface area contributed by atoms with Crippen LogP contribution in [-0.4, -0.2) is 47.6 Å². The van der Waals surface area contributed by atoms with Crippen LogP contribution in [0.5, 0.6) is 0 Å². The molecule has 8 heteroatoms. The zero-order valence-electron chi connectivity index (χ0n) is 20.0. The number of nitrogens with one attached hydrogen (secondary N) is 1. The predicted octanol–water partition coefficient (Wildman–Crippen LogP) is 4.59. The van der Waals surface area contributed by atoms with Crippen molar-refractivity contribution in [1.29, 1.82) is 5.26 Å². The summed E-state index contributed by atoms with van der Waals surface area (Å²) in [5.41, 5.74) is 0.121. The Hall–Kier alpha value is -1.85. The van der Waals surface area contributed by atoms with Gasteiger partial charge in [-0.25, -0.2) is 0 Å². The summed E-state index contributed by atoms with van der Waals surface area (Å²) in [6.45, 7) is 18.9. The molecule has 1 aromatic rings. The Morgan fingerprint density at radius 3 is 2.53 bits per heavy atom. The van der Waals surface area contributed by atoms with Crippen molar-refractivity contribution in [3.8, 4) is 6.19 Å². The molecule has 1 aliphatic rings. The SMILES string of the molecule is CC(C)(C)CC1CCC(C(=O)Nc2ccn(CCO[Si](C)(C)C(C)(C)C)n2)N1C#N. The van der Waals surface area contributed by atoms with E-state index in [4.69, 9.17) is 4.43 Å². The van der Waals surface area contributed by atoms with Crippen LogP contribution in [0.1, 0.15) is 60.8 Å². The number of carbonyl (C=O) groups excluding carboxylic acids is 1. The van der Waals surface area contributed by atoms with Gasteiger partial charge in [-0.15, -0.1) is 0 Å². The van der Waals surface area contributed by atoms with Crippen molar-refractivity contribution < 1.29 is 9.22 Å². The maximum Gasteiger partial charge on any atom is 0.249 e. The van der Waals surface area contributed by atoms with Gasteiger partial charge in [0.15, 0.2) is 20.3 Å². The van der Waals surface area contributed by atoms with Gasteiger partial charge in [-0.2, -0.15) is 10.4 Å². The van der Waals surface area contributed by atoms with Gasteiger partial charge in [0.25, 0.3) is 0 Å². The van der Waals surface area contributed by atoms with Crippen molar-refractivity contribution in [2.24, 2.45) is 5.41 Å². The molecule has 2 unspecified atom stereocenters. The summed E-state index contributed by atoms with van der Waals surface area (Å²) in [5.74, 6) is 0.361. The van der Waals surface area contributed by atoms with E-state index < -0.39 is 14.4 Å². The molecule has 0 aliphatic carbocycles. The first kappa shape index (κ1) is 24.4. The predicted molar refractivity (Wildman–Crippen MR) is 122 cm³/mol. The number of rotatable bonds is 7. The van der Waals surface area contributed by atoms with Gasteiger partial charge in [-0.3, -0.25) is 14.4 Å². The van der Waals surface area contributed by atoms with E-state index in [2.05, 4.69) is 71.2 Å². The van der Waals surface area contributed by atoms with Gasteiger partial charge in [0.1, 0.15) is 6.04 Å². The molecule has 0 saturated carbocycles. The van der Waals surface area contributed by atoms with Crippen molar-refractivity contribution in [3.63, 3.8) is 0 Å². The van der Waals surface area contributed by atoms with E-state index in [9.17, 15) is 10.1 Å². The minimum Gasteiger partial charge on any atom is -0.415 e. The molecular formula is C22H39N5O2Si. The van der Waals surface area contributed by atoms with Crippen molar-refractivity contribution in [2.45, 2.75) is 97.6 Å².